The number of aryl methyl sites for hydroxylation is 2. The molecule has 0 aromatic heterocycles. The molecular weight excluding hydrogens is 427 g/mol. The molecule has 2 rings (SSSR count). The van der Waals surface area contributed by atoms with Gasteiger partial charge >= 0.3 is 0 Å². The Hall–Kier alpha value is -1.31. The van der Waals surface area contributed by atoms with E-state index < -0.39 is 0 Å². The number of halogens is 1. The highest BCUT2D eigenvalue weighted by Crippen LogP contribution is 2.22. The van der Waals surface area contributed by atoms with Gasteiger partial charge in [-0.05, 0) is 43.2 Å². The van der Waals surface area contributed by atoms with Crippen LogP contribution in [0.2, 0.25) is 0 Å². The van der Waals surface area contributed by atoms with Gasteiger partial charge in [-0.3, -0.25) is 9.79 Å². The number of benzene rings is 1. The molecule has 0 atom stereocenters. The van der Waals surface area contributed by atoms with Crippen molar-refractivity contribution in [1.29, 1.82) is 0 Å². The van der Waals surface area contributed by atoms with Gasteiger partial charge in [-0.2, -0.15) is 0 Å². The highest BCUT2D eigenvalue weighted by molar-refractivity contribution is 14.0. The third-order valence-electron chi connectivity index (χ3n) is 4.57. The topological polar surface area (TPSA) is 70.7 Å². The fraction of sp³-hybridized carbons (Fsp3) is 0.579. The van der Waals surface area contributed by atoms with Crippen LogP contribution in [0.3, 0.4) is 0 Å². The van der Waals surface area contributed by atoms with Gasteiger partial charge in [-0.15, -0.1) is 24.0 Å². The molecule has 1 aliphatic rings. The largest absolute Gasteiger partial charge is 0.370 e. The number of nitrogens with zero attached hydrogens (tertiary/aromatic N) is 2. The minimum atomic E-state index is 0. The first-order chi connectivity index (χ1) is 11.7. The minimum absolute atomic E-state index is 0. The van der Waals surface area contributed by atoms with E-state index in [0.29, 0.717) is 18.9 Å². The molecule has 1 amide bonds. The van der Waals surface area contributed by atoms with Crippen LogP contribution in [-0.4, -0.2) is 36.4 Å². The van der Waals surface area contributed by atoms with E-state index in [4.69, 9.17) is 5.73 Å². The third kappa shape index (κ3) is 6.49. The number of nitrogens with one attached hydrogen (secondary N) is 1. The molecule has 1 aromatic carbocycles. The number of hydrogen-bond acceptors (Lipinski definition) is 2. The van der Waals surface area contributed by atoms with Gasteiger partial charge < -0.3 is 16.0 Å². The van der Waals surface area contributed by atoms with Gasteiger partial charge in [-0.1, -0.05) is 32.0 Å². The first kappa shape index (κ1) is 21.7. The van der Waals surface area contributed by atoms with Crippen molar-refractivity contribution in [1.82, 2.24) is 4.90 Å². The molecule has 0 bridgehead atoms. The summed E-state index contributed by atoms with van der Waals surface area (Å²) < 4.78 is 0. The number of aliphatic imine (C=N–C) groups is 1. The first-order valence-electron chi connectivity index (χ1n) is 9.11. The van der Waals surface area contributed by atoms with Crippen molar-refractivity contribution < 1.29 is 4.79 Å². The van der Waals surface area contributed by atoms with E-state index in [1.54, 1.807) is 0 Å². The molecule has 25 heavy (non-hydrogen) atoms. The number of piperidine rings is 1. The molecule has 6 heteroatoms. The monoisotopic (exact) mass is 458 g/mol. The first-order valence-corrected chi connectivity index (χ1v) is 9.11. The molecule has 140 valence electrons. The number of anilines is 1. The summed E-state index contributed by atoms with van der Waals surface area (Å²) in [6.45, 7) is 6.47. The van der Waals surface area contributed by atoms with Crippen LogP contribution < -0.4 is 11.1 Å². The van der Waals surface area contributed by atoms with Crippen molar-refractivity contribution in [3.8, 4) is 0 Å². The van der Waals surface area contributed by atoms with E-state index in [-0.39, 0.29) is 29.9 Å². The van der Waals surface area contributed by atoms with E-state index >= 15 is 0 Å². The summed E-state index contributed by atoms with van der Waals surface area (Å²) in [7, 11) is 0. The van der Waals surface area contributed by atoms with Crippen LogP contribution in [0.15, 0.2) is 23.2 Å². The molecule has 0 spiro atoms. The zero-order chi connectivity index (χ0) is 17.4. The zero-order valence-corrected chi connectivity index (χ0v) is 17.7. The van der Waals surface area contributed by atoms with Crippen molar-refractivity contribution in [2.24, 2.45) is 10.7 Å². The summed E-state index contributed by atoms with van der Waals surface area (Å²) in [6.07, 6.45) is 5.78. The average Bonchev–Trinajstić information content (AvgIpc) is 2.62. The number of nitrogens with two attached hydrogens (primary N) is 1. The molecule has 0 aliphatic carbocycles. The van der Waals surface area contributed by atoms with Crippen LogP contribution in [0.25, 0.3) is 0 Å². The van der Waals surface area contributed by atoms with Crippen molar-refractivity contribution in [2.75, 3.05) is 25.0 Å². The molecule has 1 heterocycles. The summed E-state index contributed by atoms with van der Waals surface area (Å²) in [4.78, 5) is 18.4. The number of hydrogen-bond donors (Lipinski definition) is 2. The van der Waals surface area contributed by atoms with E-state index in [2.05, 4.69) is 42.4 Å². The van der Waals surface area contributed by atoms with E-state index in [1.807, 2.05) is 4.90 Å². The van der Waals surface area contributed by atoms with Crippen molar-refractivity contribution >= 4 is 41.5 Å². The van der Waals surface area contributed by atoms with Crippen LogP contribution >= 0.6 is 24.0 Å². The normalized spacial score (nSPS) is 14.8. The highest BCUT2D eigenvalue weighted by Gasteiger charge is 2.15. The Morgan fingerprint density at radius 1 is 1.16 bits per heavy atom. The summed E-state index contributed by atoms with van der Waals surface area (Å²) in [5, 5.41) is 3.24. The second-order valence-corrected chi connectivity index (χ2v) is 6.24. The summed E-state index contributed by atoms with van der Waals surface area (Å²) >= 11 is 0. The van der Waals surface area contributed by atoms with Crippen molar-refractivity contribution in [3.63, 3.8) is 0 Å². The predicted molar refractivity (Wildman–Crippen MR) is 116 cm³/mol. The SMILES string of the molecule is CCc1cccc(CC)c1NC(N)=NCCC(=O)N1CCCCC1.I. The number of amides is 1. The zero-order valence-electron chi connectivity index (χ0n) is 15.4. The van der Waals surface area contributed by atoms with Crippen LogP contribution in [0.4, 0.5) is 5.69 Å². The van der Waals surface area contributed by atoms with Gasteiger partial charge in [-0.25, -0.2) is 0 Å². The summed E-state index contributed by atoms with van der Waals surface area (Å²) in [5.74, 6) is 0.575. The van der Waals surface area contributed by atoms with Crippen LogP contribution in [0.5, 0.6) is 0 Å². The number of likely N-dealkylation sites (tertiary alicyclic amines) is 1. The summed E-state index contributed by atoms with van der Waals surface area (Å²) in [6, 6.07) is 6.29. The summed E-state index contributed by atoms with van der Waals surface area (Å²) in [5.41, 5.74) is 9.56. The lowest BCUT2D eigenvalue weighted by molar-refractivity contribution is -0.131. The second-order valence-electron chi connectivity index (χ2n) is 6.24. The van der Waals surface area contributed by atoms with Crippen LogP contribution in [0, 0.1) is 0 Å². The lowest BCUT2D eigenvalue weighted by Crippen LogP contribution is -2.36. The highest BCUT2D eigenvalue weighted by atomic mass is 127. The predicted octanol–water partition coefficient (Wildman–Crippen LogP) is 3.56. The Morgan fingerprint density at radius 3 is 2.32 bits per heavy atom. The minimum Gasteiger partial charge on any atom is -0.370 e. The molecule has 1 aromatic rings. The van der Waals surface area contributed by atoms with Crippen molar-refractivity contribution in [2.45, 2.75) is 52.4 Å². The Balaban J connectivity index is 0.00000312. The Labute approximate surface area is 168 Å². The number of carbonyl (C=O) groups is 1. The number of guanidine groups is 1. The Kier molecular flexibility index (Phi) is 9.85. The number of para-hydroxylation sites is 1. The quantitative estimate of drug-likeness (QED) is 0.389. The standard InChI is InChI=1S/C19H30N4O.HI/c1-3-15-9-8-10-16(4-2)18(15)22-19(20)21-12-11-17(24)23-13-6-5-7-14-23;/h8-10H,3-7,11-14H2,1-2H3,(H3,20,21,22);1H. The van der Waals surface area contributed by atoms with Gasteiger partial charge in [0, 0.05) is 25.2 Å². The van der Waals surface area contributed by atoms with Crippen LogP contribution in [-0.2, 0) is 17.6 Å². The van der Waals surface area contributed by atoms with E-state index in [0.717, 1.165) is 44.5 Å². The lowest BCUT2D eigenvalue weighted by Gasteiger charge is -2.26. The average molecular weight is 458 g/mol. The molecule has 0 unspecified atom stereocenters. The molecule has 5 nitrogen and oxygen atoms in total. The number of carbonyl (C=O) groups excluding carboxylic acids is 1. The molecule has 1 saturated heterocycles. The molecule has 3 N–H and O–H groups in total. The maximum atomic E-state index is 12.1. The van der Waals surface area contributed by atoms with Gasteiger partial charge in [0.2, 0.25) is 5.91 Å². The van der Waals surface area contributed by atoms with Gasteiger partial charge in [0.15, 0.2) is 5.96 Å². The van der Waals surface area contributed by atoms with E-state index in [1.165, 1.54) is 17.5 Å². The Bertz CT molecular complexity index is 561. The van der Waals surface area contributed by atoms with Gasteiger partial charge in [0.05, 0.1) is 6.54 Å². The number of rotatable bonds is 6. The van der Waals surface area contributed by atoms with Crippen LogP contribution in [0.1, 0.15) is 50.7 Å². The molecule has 1 aliphatic heterocycles. The fourth-order valence-electron chi connectivity index (χ4n) is 3.14. The molecule has 0 saturated carbocycles. The smallest absolute Gasteiger partial charge is 0.224 e. The maximum absolute atomic E-state index is 12.1. The van der Waals surface area contributed by atoms with E-state index in [9.17, 15) is 4.79 Å². The van der Waals surface area contributed by atoms with Gasteiger partial charge in [0.25, 0.3) is 0 Å². The fourth-order valence-corrected chi connectivity index (χ4v) is 3.14. The molecule has 1 fully saturated rings. The lowest BCUT2D eigenvalue weighted by atomic mass is 10.0. The van der Waals surface area contributed by atoms with Gasteiger partial charge in [0.1, 0.15) is 0 Å². The second kappa shape index (κ2) is 11.3. The third-order valence-corrected chi connectivity index (χ3v) is 4.57. The Morgan fingerprint density at radius 2 is 1.76 bits per heavy atom. The maximum Gasteiger partial charge on any atom is 0.224 e. The molecular formula is C19H31IN4O. The van der Waals surface area contributed by atoms with Crippen molar-refractivity contribution in [3.05, 3.63) is 29.3 Å². The molecule has 0 radical (unpaired) electrons.